The molecule has 0 aliphatic heterocycles. The van der Waals surface area contributed by atoms with Crippen LogP contribution in [-0.4, -0.2) is 16.0 Å². The van der Waals surface area contributed by atoms with Gasteiger partial charge in [-0.3, -0.25) is 4.79 Å². The average molecular weight is 209 g/mol. The zero-order chi connectivity index (χ0) is 10.7. The standard InChI is InChI=1S/C10H15N3O2/c1-7-12-9(15-13-7)6-11-10(14)8-4-2-3-5-8/h8H,2-6H2,1H3,(H,11,14). The SMILES string of the molecule is Cc1noc(CNC(=O)C2CCCC2)n1. The summed E-state index contributed by atoms with van der Waals surface area (Å²) in [4.78, 5) is 15.6. The van der Waals surface area contributed by atoms with Crippen molar-refractivity contribution in [3.05, 3.63) is 11.7 Å². The maximum absolute atomic E-state index is 11.6. The van der Waals surface area contributed by atoms with E-state index in [1.54, 1.807) is 6.92 Å². The van der Waals surface area contributed by atoms with Gasteiger partial charge in [0.2, 0.25) is 11.8 Å². The molecule has 1 aliphatic rings. The van der Waals surface area contributed by atoms with E-state index >= 15 is 0 Å². The second kappa shape index (κ2) is 4.42. The summed E-state index contributed by atoms with van der Waals surface area (Å²) < 4.78 is 4.90. The Morgan fingerprint density at radius 3 is 2.87 bits per heavy atom. The van der Waals surface area contributed by atoms with Crippen LogP contribution in [0.1, 0.15) is 37.4 Å². The molecule has 0 unspecified atom stereocenters. The fourth-order valence-corrected chi connectivity index (χ4v) is 1.91. The highest BCUT2D eigenvalue weighted by Crippen LogP contribution is 2.24. The quantitative estimate of drug-likeness (QED) is 0.811. The van der Waals surface area contributed by atoms with Crippen LogP contribution in [0.2, 0.25) is 0 Å². The first-order valence-corrected chi connectivity index (χ1v) is 5.32. The molecule has 1 amide bonds. The largest absolute Gasteiger partial charge is 0.347 e. The summed E-state index contributed by atoms with van der Waals surface area (Å²) in [5.74, 6) is 1.37. The van der Waals surface area contributed by atoms with Crippen molar-refractivity contribution in [2.24, 2.45) is 5.92 Å². The third-order valence-electron chi connectivity index (χ3n) is 2.71. The molecule has 0 bridgehead atoms. The van der Waals surface area contributed by atoms with E-state index in [4.69, 9.17) is 4.52 Å². The Balaban J connectivity index is 1.80. The van der Waals surface area contributed by atoms with E-state index in [1.165, 1.54) is 0 Å². The van der Waals surface area contributed by atoms with E-state index in [-0.39, 0.29) is 11.8 Å². The third-order valence-corrected chi connectivity index (χ3v) is 2.71. The first-order chi connectivity index (χ1) is 7.25. The molecule has 0 aromatic carbocycles. The number of carbonyl (C=O) groups excluding carboxylic acids is 1. The van der Waals surface area contributed by atoms with Crippen LogP contribution >= 0.6 is 0 Å². The monoisotopic (exact) mass is 209 g/mol. The molecule has 1 saturated carbocycles. The van der Waals surface area contributed by atoms with Crippen molar-refractivity contribution in [1.29, 1.82) is 0 Å². The van der Waals surface area contributed by atoms with E-state index in [9.17, 15) is 4.79 Å². The van der Waals surface area contributed by atoms with Gasteiger partial charge in [0.05, 0.1) is 6.54 Å². The van der Waals surface area contributed by atoms with Gasteiger partial charge in [-0.05, 0) is 19.8 Å². The molecule has 0 spiro atoms. The number of rotatable bonds is 3. The minimum absolute atomic E-state index is 0.114. The van der Waals surface area contributed by atoms with Gasteiger partial charge in [0, 0.05) is 5.92 Å². The molecule has 1 aromatic rings. The minimum atomic E-state index is 0.114. The molecule has 0 saturated heterocycles. The summed E-state index contributed by atoms with van der Waals surface area (Å²) in [7, 11) is 0. The first kappa shape index (κ1) is 10.1. The topological polar surface area (TPSA) is 68.0 Å². The van der Waals surface area contributed by atoms with Crippen molar-refractivity contribution in [3.63, 3.8) is 0 Å². The summed E-state index contributed by atoms with van der Waals surface area (Å²) >= 11 is 0. The van der Waals surface area contributed by atoms with Crippen molar-refractivity contribution in [2.45, 2.75) is 39.2 Å². The maximum Gasteiger partial charge on any atom is 0.246 e. The highest BCUT2D eigenvalue weighted by atomic mass is 16.5. The number of aryl methyl sites for hydroxylation is 1. The number of nitrogens with one attached hydrogen (secondary N) is 1. The lowest BCUT2D eigenvalue weighted by molar-refractivity contribution is -0.125. The first-order valence-electron chi connectivity index (χ1n) is 5.32. The van der Waals surface area contributed by atoms with E-state index < -0.39 is 0 Å². The average Bonchev–Trinajstić information content (AvgIpc) is 2.84. The predicted octanol–water partition coefficient (Wildman–Crippen LogP) is 1.18. The lowest BCUT2D eigenvalue weighted by atomic mass is 10.1. The molecule has 1 aliphatic carbocycles. The van der Waals surface area contributed by atoms with Gasteiger partial charge in [-0.15, -0.1) is 0 Å². The molecule has 82 valence electrons. The molecule has 0 atom stereocenters. The molecule has 0 radical (unpaired) electrons. The predicted molar refractivity (Wildman–Crippen MR) is 52.8 cm³/mol. The van der Waals surface area contributed by atoms with Crippen molar-refractivity contribution < 1.29 is 9.32 Å². The lowest BCUT2D eigenvalue weighted by Gasteiger charge is -2.07. The maximum atomic E-state index is 11.6. The van der Waals surface area contributed by atoms with Crippen molar-refractivity contribution >= 4 is 5.91 Å². The fraction of sp³-hybridized carbons (Fsp3) is 0.700. The highest BCUT2D eigenvalue weighted by molar-refractivity contribution is 5.78. The van der Waals surface area contributed by atoms with Gasteiger partial charge >= 0.3 is 0 Å². The molecule has 1 N–H and O–H groups in total. The summed E-state index contributed by atoms with van der Waals surface area (Å²) in [5.41, 5.74) is 0. The molecular formula is C10H15N3O2. The van der Waals surface area contributed by atoms with Crippen LogP contribution in [0.5, 0.6) is 0 Å². The minimum Gasteiger partial charge on any atom is -0.347 e. The fourth-order valence-electron chi connectivity index (χ4n) is 1.91. The van der Waals surface area contributed by atoms with E-state index in [1.807, 2.05) is 0 Å². The summed E-state index contributed by atoms with van der Waals surface area (Å²) in [6, 6.07) is 0. The van der Waals surface area contributed by atoms with Crippen molar-refractivity contribution in [1.82, 2.24) is 15.5 Å². The molecule has 5 heteroatoms. The van der Waals surface area contributed by atoms with Crippen LogP contribution in [-0.2, 0) is 11.3 Å². The number of amides is 1. The van der Waals surface area contributed by atoms with Crippen LogP contribution in [0.15, 0.2) is 4.52 Å². The van der Waals surface area contributed by atoms with Crippen LogP contribution in [0.4, 0.5) is 0 Å². The van der Waals surface area contributed by atoms with E-state index in [0.717, 1.165) is 25.7 Å². The van der Waals surface area contributed by atoms with Crippen LogP contribution in [0, 0.1) is 12.8 Å². The number of carbonyl (C=O) groups is 1. The molecule has 1 fully saturated rings. The zero-order valence-corrected chi connectivity index (χ0v) is 8.82. The van der Waals surface area contributed by atoms with Crippen LogP contribution < -0.4 is 5.32 Å². The van der Waals surface area contributed by atoms with Crippen molar-refractivity contribution in [2.75, 3.05) is 0 Å². The molecule has 5 nitrogen and oxygen atoms in total. The van der Waals surface area contributed by atoms with Gasteiger partial charge in [0.15, 0.2) is 5.82 Å². The van der Waals surface area contributed by atoms with Crippen LogP contribution in [0.3, 0.4) is 0 Å². The lowest BCUT2D eigenvalue weighted by Crippen LogP contribution is -2.28. The zero-order valence-electron chi connectivity index (χ0n) is 8.82. The number of nitrogens with zero attached hydrogens (tertiary/aromatic N) is 2. The Morgan fingerprint density at radius 1 is 1.53 bits per heavy atom. The second-order valence-electron chi connectivity index (χ2n) is 3.93. The van der Waals surface area contributed by atoms with Gasteiger partial charge in [0.1, 0.15) is 0 Å². The van der Waals surface area contributed by atoms with Gasteiger partial charge in [-0.1, -0.05) is 18.0 Å². The molecule has 1 aromatic heterocycles. The van der Waals surface area contributed by atoms with Gasteiger partial charge in [0.25, 0.3) is 0 Å². The number of hydrogen-bond acceptors (Lipinski definition) is 4. The third kappa shape index (κ3) is 2.55. The molecule has 15 heavy (non-hydrogen) atoms. The molecular weight excluding hydrogens is 194 g/mol. The Bertz CT molecular complexity index is 342. The van der Waals surface area contributed by atoms with Gasteiger partial charge in [-0.25, -0.2) is 0 Å². The normalized spacial score (nSPS) is 16.9. The summed E-state index contributed by atoms with van der Waals surface area (Å²) in [6.07, 6.45) is 4.35. The Morgan fingerprint density at radius 2 is 2.27 bits per heavy atom. The van der Waals surface area contributed by atoms with Crippen molar-refractivity contribution in [3.8, 4) is 0 Å². The van der Waals surface area contributed by atoms with Crippen LogP contribution in [0.25, 0.3) is 0 Å². The highest BCUT2D eigenvalue weighted by Gasteiger charge is 2.22. The summed E-state index contributed by atoms with van der Waals surface area (Å²) in [5, 5.41) is 6.47. The summed E-state index contributed by atoms with van der Waals surface area (Å²) in [6.45, 7) is 2.10. The number of aromatic nitrogens is 2. The molecule has 1 heterocycles. The molecule has 2 rings (SSSR count). The smallest absolute Gasteiger partial charge is 0.246 e. The number of hydrogen-bond donors (Lipinski definition) is 1. The Labute approximate surface area is 88.2 Å². The Hall–Kier alpha value is -1.39. The van der Waals surface area contributed by atoms with Gasteiger partial charge in [-0.2, -0.15) is 4.98 Å². The second-order valence-corrected chi connectivity index (χ2v) is 3.93. The van der Waals surface area contributed by atoms with Gasteiger partial charge < -0.3 is 9.84 Å². The van der Waals surface area contributed by atoms with E-state index in [2.05, 4.69) is 15.5 Å². The Kier molecular flexibility index (Phi) is 2.99. The van der Waals surface area contributed by atoms with E-state index in [0.29, 0.717) is 18.3 Å².